The number of nitrogens with one attached hydrogen (secondary N) is 1. The highest BCUT2D eigenvalue weighted by Gasteiger charge is 2.27. The van der Waals surface area contributed by atoms with Gasteiger partial charge >= 0.3 is 6.03 Å². The highest BCUT2D eigenvalue weighted by atomic mass is 16.2. The smallest absolute Gasteiger partial charge is 0.317 e. The molecule has 5 nitrogen and oxygen atoms in total. The zero-order valence-corrected chi connectivity index (χ0v) is 14.9. The fourth-order valence-corrected chi connectivity index (χ4v) is 3.46. The van der Waals surface area contributed by atoms with Crippen molar-refractivity contribution in [2.24, 2.45) is 17.6 Å². The van der Waals surface area contributed by atoms with Crippen molar-refractivity contribution in [2.45, 2.75) is 46.1 Å². The molecule has 1 aliphatic rings. The van der Waals surface area contributed by atoms with Gasteiger partial charge in [-0.25, -0.2) is 4.79 Å². The number of amides is 3. The van der Waals surface area contributed by atoms with Crippen LogP contribution in [0.15, 0.2) is 24.3 Å². The lowest BCUT2D eigenvalue weighted by Crippen LogP contribution is -2.47. The first-order valence-corrected chi connectivity index (χ1v) is 8.77. The van der Waals surface area contributed by atoms with E-state index in [9.17, 15) is 9.59 Å². The van der Waals surface area contributed by atoms with Gasteiger partial charge in [-0.2, -0.15) is 0 Å². The molecule has 132 valence electrons. The molecule has 5 heteroatoms. The summed E-state index contributed by atoms with van der Waals surface area (Å²) in [5, 5.41) is 3.19. The molecule has 1 aromatic carbocycles. The van der Waals surface area contributed by atoms with E-state index in [1.807, 2.05) is 17.0 Å². The van der Waals surface area contributed by atoms with Crippen molar-refractivity contribution in [3.05, 3.63) is 35.4 Å². The van der Waals surface area contributed by atoms with Gasteiger partial charge in [0.1, 0.15) is 0 Å². The fourth-order valence-electron chi connectivity index (χ4n) is 3.46. The lowest BCUT2D eigenvalue weighted by atomic mass is 9.92. The second-order valence-corrected chi connectivity index (χ2v) is 7.15. The Hall–Kier alpha value is -2.04. The van der Waals surface area contributed by atoms with Crippen LogP contribution in [-0.2, 0) is 4.79 Å². The van der Waals surface area contributed by atoms with Crippen LogP contribution in [0.2, 0.25) is 0 Å². The van der Waals surface area contributed by atoms with Crippen molar-refractivity contribution in [1.82, 2.24) is 10.2 Å². The fraction of sp³-hybridized carbons (Fsp3) is 0.579. The Morgan fingerprint density at radius 3 is 2.67 bits per heavy atom. The van der Waals surface area contributed by atoms with E-state index in [1.54, 1.807) is 0 Å². The Bertz CT molecular complexity index is 586. The minimum atomic E-state index is -0.290. The number of urea groups is 1. The van der Waals surface area contributed by atoms with Crippen molar-refractivity contribution in [2.75, 3.05) is 13.1 Å². The first kappa shape index (κ1) is 18.3. The summed E-state index contributed by atoms with van der Waals surface area (Å²) in [6.07, 6.45) is 2.23. The van der Waals surface area contributed by atoms with E-state index in [-0.39, 0.29) is 23.9 Å². The summed E-state index contributed by atoms with van der Waals surface area (Å²) in [4.78, 5) is 25.7. The molecule has 1 fully saturated rings. The predicted octanol–water partition coefficient (Wildman–Crippen LogP) is 2.99. The van der Waals surface area contributed by atoms with E-state index in [4.69, 9.17) is 5.73 Å². The molecule has 1 aliphatic heterocycles. The molecule has 0 spiro atoms. The number of benzene rings is 1. The lowest BCUT2D eigenvalue weighted by Gasteiger charge is -2.34. The first-order chi connectivity index (χ1) is 11.4. The standard InChI is InChI=1S/C19H29N3O2/c1-13(2)18(16-9-5-4-7-14(16)3)21-19(24)22-10-6-8-15(12-22)11-17(20)23/h4-5,7,9,13,15,18H,6,8,10-12H2,1-3H3,(H2,20,23)(H,21,24)/t15-,18+/m1/s1. The number of piperidine rings is 1. The Kier molecular flexibility index (Phi) is 6.23. The van der Waals surface area contributed by atoms with Gasteiger partial charge in [0.05, 0.1) is 6.04 Å². The molecule has 1 aromatic rings. The Morgan fingerprint density at radius 1 is 1.33 bits per heavy atom. The number of primary amides is 1. The molecule has 24 heavy (non-hydrogen) atoms. The number of nitrogens with two attached hydrogens (primary N) is 1. The van der Waals surface area contributed by atoms with Gasteiger partial charge in [-0.1, -0.05) is 38.1 Å². The van der Waals surface area contributed by atoms with Crippen molar-refractivity contribution in [1.29, 1.82) is 0 Å². The number of hydrogen-bond donors (Lipinski definition) is 2. The van der Waals surface area contributed by atoms with E-state index < -0.39 is 0 Å². The molecule has 2 atom stereocenters. The quantitative estimate of drug-likeness (QED) is 0.870. The molecule has 0 aliphatic carbocycles. The number of aryl methyl sites for hydroxylation is 1. The average molecular weight is 331 g/mol. The topological polar surface area (TPSA) is 75.4 Å². The predicted molar refractivity (Wildman–Crippen MR) is 95.4 cm³/mol. The van der Waals surface area contributed by atoms with Crippen LogP contribution >= 0.6 is 0 Å². The third-order valence-corrected chi connectivity index (χ3v) is 4.77. The third kappa shape index (κ3) is 4.73. The monoisotopic (exact) mass is 331 g/mol. The van der Waals surface area contributed by atoms with E-state index in [0.717, 1.165) is 24.9 Å². The summed E-state index contributed by atoms with van der Waals surface area (Å²) in [6, 6.07) is 8.10. The van der Waals surface area contributed by atoms with Gasteiger partial charge in [-0.05, 0) is 42.7 Å². The molecule has 1 heterocycles. The molecular weight excluding hydrogens is 302 g/mol. The van der Waals surface area contributed by atoms with Gasteiger partial charge in [-0.15, -0.1) is 0 Å². The van der Waals surface area contributed by atoms with Gasteiger partial charge in [0, 0.05) is 19.5 Å². The van der Waals surface area contributed by atoms with E-state index in [1.165, 1.54) is 5.56 Å². The molecule has 0 unspecified atom stereocenters. The number of nitrogens with zero attached hydrogens (tertiary/aromatic N) is 1. The Morgan fingerprint density at radius 2 is 2.04 bits per heavy atom. The van der Waals surface area contributed by atoms with E-state index >= 15 is 0 Å². The van der Waals surface area contributed by atoms with Crippen molar-refractivity contribution in [3.63, 3.8) is 0 Å². The largest absolute Gasteiger partial charge is 0.370 e. The third-order valence-electron chi connectivity index (χ3n) is 4.77. The SMILES string of the molecule is Cc1ccccc1[C@@H](NC(=O)N1CCC[C@H](CC(N)=O)C1)C(C)C. The van der Waals surface area contributed by atoms with Crippen LogP contribution in [0.3, 0.4) is 0 Å². The Labute approximate surface area is 144 Å². The minimum absolute atomic E-state index is 0.0183. The maximum Gasteiger partial charge on any atom is 0.317 e. The summed E-state index contributed by atoms with van der Waals surface area (Å²) < 4.78 is 0. The average Bonchev–Trinajstić information content (AvgIpc) is 2.52. The lowest BCUT2D eigenvalue weighted by molar-refractivity contribution is -0.119. The van der Waals surface area contributed by atoms with Crippen LogP contribution in [0.4, 0.5) is 4.79 Å². The highest BCUT2D eigenvalue weighted by molar-refractivity contribution is 5.76. The van der Waals surface area contributed by atoms with Gasteiger partial charge in [0.15, 0.2) is 0 Å². The van der Waals surface area contributed by atoms with Crippen LogP contribution in [0.1, 0.15) is 50.3 Å². The van der Waals surface area contributed by atoms with Crippen molar-refractivity contribution >= 4 is 11.9 Å². The van der Waals surface area contributed by atoms with Crippen molar-refractivity contribution < 1.29 is 9.59 Å². The zero-order chi connectivity index (χ0) is 17.7. The van der Waals surface area contributed by atoms with Crippen molar-refractivity contribution in [3.8, 4) is 0 Å². The second kappa shape index (κ2) is 8.18. The number of carbonyl (C=O) groups excluding carboxylic acids is 2. The van der Waals surface area contributed by atoms with Crippen LogP contribution < -0.4 is 11.1 Å². The van der Waals surface area contributed by atoms with Crippen LogP contribution in [0, 0.1) is 18.8 Å². The molecular formula is C19H29N3O2. The summed E-state index contributed by atoms with van der Waals surface area (Å²) >= 11 is 0. The normalized spacial score (nSPS) is 19.2. The molecule has 2 rings (SSSR count). The first-order valence-electron chi connectivity index (χ1n) is 8.77. The highest BCUT2D eigenvalue weighted by Crippen LogP contribution is 2.26. The van der Waals surface area contributed by atoms with Gasteiger partial charge in [-0.3, -0.25) is 4.79 Å². The van der Waals surface area contributed by atoms with Gasteiger partial charge < -0.3 is 16.0 Å². The number of hydrogen-bond acceptors (Lipinski definition) is 2. The molecule has 0 saturated carbocycles. The second-order valence-electron chi connectivity index (χ2n) is 7.15. The van der Waals surface area contributed by atoms with Crippen LogP contribution in [-0.4, -0.2) is 29.9 Å². The summed E-state index contributed by atoms with van der Waals surface area (Å²) in [5.41, 5.74) is 7.64. The zero-order valence-electron chi connectivity index (χ0n) is 14.9. The summed E-state index contributed by atoms with van der Waals surface area (Å²) in [5.74, 6) is 0.182. The Balaban J connectivity index is 2.05. The maximum absolute atomic E-state index is 12.7. The van der Waals surface area contributed by atoms with Gasteiger partial charge in [0.2, 0.25) is 5.91 Å². The molecule has 0 radical (unpaired) electrons. The van der Waals surface area contributed by atoms with Crippen LogP contribution in [0.25, 0.3) is 0 Å². The van der Waals surface area contributed by atoms with E-state index in [0.29, 0.717) is 18.9 Å². The number of carbonyl (C=O) groups is 2. The van der Waals surface area contributed by atoms with E-state index in [2.05, 4.69) is 38.2 Å². The minimum Gasteiger partial charge on any atom is -0.370 e. The molecule has 0 bridgehead atoms. The molecule has 1 saturated heterocycles. The number of likely N-dealkylation sites (tertiary alicyclic amines) is 1. The van der Waals surface area contributed by atoms with Crippen LogP contribution in [0.5, 0.6) is 0 Å². The molecule has 0 aromatic heterocycles. The maximum atomic E-state index is 12.7. The summed E-state index contributed by atoms with van der Waals surface area (Å²) in [6.45, 7) is 7.64. The number of rotatable bonds is 5. The summed E-state index contributed by atoms with van der Waals surface area (Å²) in [7, 11) is 0. The molecule has 3 amide bonds. The molecule has 3 N–H and O–H groups in total. The van der Waals surface area contributed by atoms with Gasteiger partial charge in [0.25, 0.3) is 0 Å².